The zero-order valence-electron chi connectivity index (χ0n) is 15.4. The van der Waals surface area contributed by atoms with E-state index in [-0.39, 0.29) is 23.8 Å². The van der Waals surface area contributed by atoms with E-state index >= 15 is 0 Å². The van der Waals surface area contributed by atoms with Crippen molar-refractivity contribution in [2.75, 3.05) is 26.2 Å². The molecule has 1 atom stereocenters. The predicted octanol–water partition coefficient (Wildman–Crippen LogP) is 2.48. The van der Waals surface area contributed by atoms with Crippen molar-refractivity contribution in [2.45, 2.75) is 52.0 Å². The first kappa shape index (κ1) is 19.5. The molecule has 2 amide bonds. The summed E-state index contributed by atoms with van der Waals surface area (Å²) >= 11 is 0. The van der Waals surface area contributed by atoms with E-state index in [1.807, 2.05) is 12.1 Å². The monoisotopic (exact) mass is 349 g/mol. The van der Waals surface area contributed by atoms with Gasteiger partial charge < -0.3 is 15.1 Å². The lowest BCUT2D eigenvalue weighted by molar-refractivity contribution is -0.125. The molecule has 1 aliphatic carbocycles. The molecule has 0 bridgehead atoms. The molecule has 6 heteroatoms. The van der Waals surface area contributed by atoms with Crippen LogP contribution in [-0.2, 0) is 9.59 Å². The topological polar surface area (TPSA) is 74.6 Å². The van der Waals surface area contributed by atoms with Crippen LogP contribution < -0.4 is 10.6 Å². The number of nitrogens with zero attached hydrogens (tertiary/aromatic N) is 1. The van der Waals surface area contributed by atoms with Crippen LogP contribution in [0.2, 0.25) is 0 Å². The summed E-state index contributed by atoms with van der Waals surface area (Å²) in [5, 5.41) is 5.86. The van der Waals surface area contributed by atoms with Gasteiger partial charge in [0.2, 0.25) is 11.8 Å². The third kappa shape index (κ3) is 5.88. The molecular formula is C19H31N3O3. The Morgan fingerprint density at radius 2 is 1.96 bits per heavy atom. The average Bonchev–Trinajstić information content (AvgIpc) is 3.32. The van der Waals surface area contributed by atoms with Crippen molar-refractivity contribution >= 4 is 11.8 Å². The molecule has 140 valence electrons. The maximum absolute atomic E-state index is 12.1. The largest absolute Gasteiger partial charge is 0.468 e. The van der Waals surface area contributed by atoms with Crippen LogP contribution in [-0.4, -0.2) is 42.9 Å². The molecule has 0 unspecified atom stereocenters. The number of amides is 2. The average molecular weight is 349 g/mol. The number of furan rings is 1. The van der Waals surface area contributed by atoms with Crippen LogP contribution in [0.15, 0.2) is 22.8 Å². The van der Waals surface area contributed by atoms with Gasteiger partial charge in [0, 0.05) is 25.4 Å². The van der Waals surface area contributed by atoms with Crippen LogP contribution in [0.5, 0.6) is 0 Å². The molecule has 1 aliphatic rings. The van der Waals surface area contributed by atoms with Crippen LogP contribution in [0, 0.1) is 5.92 Å². The molecule has 0 aliphatic heterocycles. The van der Waals surface area contributed by atoms with Gasteiger partial charge in [0.15, 0.2) is 0 Å². The summed E-state index contributed by atoms with van der Waals surface area (Å²) in [7, 11) is 0. The highest BCUT2D eigenvalue weighted by atomic mass is 16.3. The fourth-order valence-electron chi connectivity index (χ4n) is 3.49. The van der Waals surface area contributed by atoms with Gasteiger partial charge in [-0.3, -0.25) is 14.5 Å². The molecule has 1 aromatic rings. The van der Waals surface area contributed by atoms with Gasteiger partial charge in [-0.2, -0.15) is 0 Å². The normalized spacial score (nSPS) is 16.1. The lowest BCUT2D eigenvalue weighted by atomic mass is 10.1. The summed E-state index contributed by atoms with van der Waals surface area (Å²) in [6.07, 6.45) is 6.20. The van der Waals surface area contributed by atoms with Crippen molar-refractivity contribution in [2.24, 2.45) is 5.92 Å². The highest BCUT2D eigenvalue weighted by molar-refractivity contribution is 5.80. The lowest BCUT2D eigenvalue weighted by Crippen LogP contribution is -2.39. The molecule has 0 spiro atoms. The van der Waals surface area contributed by atoms with Crippen molar-refractivity contribution in [1.29, 1.82) is 0 Å². The van der Waals surface area contributed by atoms with E-state index in [1.165, 1.54) is 0 Å². The quantitative estimate of drug-likeness (QED) is 0.680. The minimum Gasteiger partial charge on any atom is -0.468 e. The fourth-order valence-corrected chi connectivity index (χ4v) is 3.49. The molecular weight excluding hydrogens is 318 g/mol. The second-order valence-corrected chi connectivity index (χ2v) is 6.58. The molecule has 1 heterocycles. The summed E-state index contributed by atoms with van der Waals surface area (Å²) in [4.78, 5) is 26.3. The predicted molar refractivity (Wildman–Crippen MR) is 97.0 cm³/mol. The minimum atomic E-state index is -0.0459. The van der Waals surface area contributed by atoms with Gasteiger partial charge in [-0.15, -0.1) is 0 Å². The van der Waals surface area contributed by atoms with Gasteiger partial charge in [0.1, 0.15) is 5.76 Å². The maximum atomic E-state index is 12.1. The second kappa shape index (κ2) is 10.2. The summed E-state index contributed by atoms with van der Waals surface area (Å²) in [6.45, 7) is 6.87. The Morgan fingerprint density at radius 1 is 1.24 bits per heavy atom. The highest BCUT2D eigenvalue weighted by Crippen LogP contribution is 2.24. The number of hydrogen-bond acceptors (Lipinski definition) is 4. The Balaban J connectivity index is 1.73. The van der Waals surface area contributed by atoms with Gasteiger partial charge >= 0.3 is 0 Å². The number of carbonyl (C=O) groups excluding carboxylic acids is 2. The SMILES string of the molecule is CCN(CC)[C@H](CNC(=O)CCNC(=O)C1CCCC1)c1ccco1. The van der Waals surface area contributed by atoms with Crippen LogP contribution in [0.4, 0.5) is 0 Å². The summed E-state index contributed by atoms with van der Waals surface area (Å²) < 4.78 is 5.53. The van der Waals surface area contributed by atoms with Crippen molar-refractivity contribution in [3.8, 4) is 0 Å². The van der Waals surface area contributed by atoms with E-state index in [2.05, 4.69) is 29.4 Å². The van der Waals surface area contributed by atoms with E-state index in [1.54, 1.807) is 6.26 Å². The maximum Gasteiger partial charge on any atom is 0.223 e. The Kier molecular flexibility index (Phi) is 7.98. The first-order valence-corrected chi connectivity index (χ1v) is 9.47. The second-order valence-electron chi connectivity index (χ2n) is 6.58. The number of hydrogen-bond donors (Lipinski definition) is 2. The standard InChI is InChI=1S/C19H31N3O3/c1-3-22(4-2)16(17-10-7-13-25-17)14-21-18(23)11-12-20-19(24)15-8-5-6-9-15/h7,10,13,15-16H,3-6,8-9,11-12,14H2,1-2H3,(H,20,24)(H,21,23)/t16-/m1/s1. The van der Waals surface area contributed by atoms with Gasteiger partial charge in [-0.25, -0.2) is 0 Å². The van der Waals surface area contributed by atoms with Crippen molar-refractivity contribution in [3.63, 3.8) is 0 Å². The third-order valence-electron chi connectivity index (χ3n) is 4.99. The van der Waals surface area contributed by atoms with Gasteiger partial charge in [-0.1, -0.05) is 26.7 Å². The van der Waals surface area contributed by atoms with E-state index in [4.69, 9.17) is 4.42 Å². The molecule has 0 saturated heterocycles. The summed E-state index contributed by atoms with van der Waals surface area (Å²) in [6, 6.07) is 3.84. The zero-order chi connectivity index (χ0) is 18.1. The molecule has 0 radical (unpaired) electrons. The van der Waals surface area contributed by atoms with E-state index in [0.717, 1.165) is 44.5 Å². The molecule has 1 fully saturated rings. The minimum absolute atomic E-state index is 0.0297. The van der Waals surface area contributed by atoms with Crippen LogP contribution in [0.25, 0.3) is 0 Å². The lowest BCUT2D eigenvalue weighted by Gasteiger charge is -2.28. The molecule has 25 heavy (non-hydrogen) atoms. The van der Waals surface area contributed by atoms with Crippen molar-refractivity contribution in [1.82, 2.24) is 15.5 Å². The van der Waals surface area contributed by atoms with E-state index < -0.39 is 0 Å². The molecule has 0 aromatic carbocycles. The van der Waals surface area contributed by atoms with Gasteiger partial charge in [0.25, 0.3) is 0 Å². The Hall–Kier alpha value is -1.82. The van der Waals surface area contributed by atoms with Crippen molar-refractivity contribution < 1.29 is 14.0 Å². The Labute approximate surface area is 150 Å². The van der Waals surface area contributed by atoms with Crippen molar-refractivity contribution in [3.05, 3.63) is 24.2 Å². The van der Waals surface area contributed by atoms with Gasteiger partial charge in [0.05, 0.1) is 12.3 Å². The van der Waals surface area contributed by atoms with Crippen LogP contribution in [0.1, 0.15) is 57.8 Å². The molecule has 1 saturated carbocycles. The number of likely N-dealkylation sites (N-methyl/N-ethyl adjacent to an activating group) is 1. The summed E-state index contributed by atoms with van der Waals surface area (Å²) in [5.74, 6) is 1.06. The first-order chi connectivity index (χ1) is 12.2. The third-order valence-corrected chi connectivity index (χ3v) is 4.99. The molecule has 1 aromatic heterocycles. The Bertz CT molecular complexity index is 520. The number of rotatable bonds is 10. The molecule has 2 rings (SSSR count). The van der Waals surface area contributed by atoms with E-state index in [0.29, 0.717) is 19.5 Å². The van der Waals surface area contributed by atoms with Crippen LogP contribution >= 0.6 is 0 Å². The molecule has 2 N–H and O–H groups in total. The van der Waals surface area contributed by atoms with E-state index in [9.17, 15) is 9.59 Å². The first-order valence-electron chi connectivity index (χ1n) is 9.47. The zero-order valence-corrected chi connectivity index (χ0v) is 15.4. The number of nitrogens with one attached hydrogen (secondary N) is 2. The molecule has 6 nitrogen and oxygen atoms in total. The van der Waals surface area contributed by atoms with Gasteiger partial charge in [-0.05, 0) is 38.1 Å². The Morgan fingerprint density at radius 3 is 2.56 bits per heavy atom. The smallest absolute Gasteiger partial charge is 0.223 e. The van der Waals surface area contributed by atoms with Crippen LogP contribution in [0.3, 0.4) is 0 Å². The summed E-state index contributed by atoms with van der Waals surface area (Å²) in [5.41, 5.74) is 0. The number of carbonyl (C=O) groups is 2. The fraction of sp³-hybridized carbons (Fsp3) is 0.684. The highest BCUT2D eigenvalue weighted by Gasteiger charge is 2.23.